The SMILES string of the molecule is C[C@@H]1CN2C[C@H](O)CC2CN1Cc1cccc(C(F)(F)F)c1. The Morgan fingerprint density at radius 3 is 2.73 bits per heavy atom. The van der Waals surface area contributed by atoms with Crippen LogP contribution in [0.15, 0.2) is 24.3 Å². The summed E-state index contributed by atoms with van der Waals surface area (Å²) >= 11 is 0. The van der Waals surface area contributed by atoms with Gasteiger partial charge in [-0.05, 0) is 25.0 Å². The molecule has 2 fully saturated rings. The molecule has 1 aromatic rings. The standard InChI is InChI=1S/C16H21F3N2O/c1-11-7-21-10-15(22)6-14(21)9-20(11)8-12-3-2-4-13(5-12)16(17,18)19/h2-5,11,14-15,22H,6-10H2,1H3/t11-,14?,15-/m1/s1. The van der Waals surface area contributed by atoms with E-state index in [0.717, 1.165) is 25.6 Å². The van der Waals surface area contributed by atoms with E-state index in [0.29, 0.717) is 24.7 Å². The van der Waals surface area contributed by atoms with Crippen molar-refractivity contribution in [1.29, 1.82) is 0 Å². The number of piperazine rings is 1. The maximum absolute atomic E-state index is 12.8. The smallest absolute Gasteiger partial charge is 0.392 e. The third-order valence-electron chi connectivity index (χ3n) is 4.71. The lowest BCUT2D eigenvalue weighted by molar-refractivity contribution is -0.137. The minimum atomic E-state index is -4.30. The molecular formula is C16H21F3N2O. The summed E-state index contributed by atoms with van der Waals surface area (Å²) in [5, 5.41) is 9.76. The summed E-state index contributed by atoms with van der Waals surface area (Å²) in [4.78, 5) is 4.51. The first-order valence-electron chi connectivity index (χ1n) is 7.65. The fourth-order valence-electron chi connectivity index (χ4n) is 3.58. The highest BCUT2D eigenvalue weighted by molar-refractivity contribution is 5.25. The van der Waals surface area contributed by atoms with E-state index in [4.69, 9.17) is 0 Å². The second kappa shape index (κ2) is 5.83. The van der Waals surface area contributed by atoms with E-state index in [1.165, 1.54) is 12.1 Å². The molecule has 6 heteroatoms. The molecule has 2 heterocycles. The molecule has 2 saturated heterocycles. The Hall–Kier alpha value is -1.11. The number of benzene rings is 1. The normalized spacial score (nSPS) is 30.5. The predicted octanol–water partition coefficient (Wildman–Crippen LogP) is 2.34. The zero-order chi connectivity index (χ0) is 15.9. The third-order valence-corrected chi connectivity index (χ3v) is 4.71. The first-order chi connectivity index (χ1) is 10.3. The summed E-state index contributed by atoms with van der Waals surface area (Å²) in [6.45, 7) is 4.99. The molecule has 3 nitrogen and oxygen atoms in total. The van der Waals surface area contributed by atoms with Gasteiger partial charge in [-0.1, -0.05) is 18.2 Å². The highest BCUT2D eigenvalue weighted by Gasteiger charge is 2.38. The summed E-state index contributed by atoms with van der Waals surface area (Å²) in [6, 6.07) is 6.16. The molecule has 0 spiro atoms. The number of nitrogens with zero attached hydrogens (tertiary/aromatic N) is 2. The van der Waals surface area contributed by atoms with Gasteiger partial charge in [-0.15, -0.1) is 0 Å². The maximum Gasteiger partial charge on any atom is 0.416 e. The van der Waals surface area contributed by atoms with Crippen molar-refractivity contribution in [3.8, 4) is 0 Å². The second-order valence-corrected chi connectivity index (χ2v) is 6.47. The van der Waals surface area contributed by atoms with E-state index < -0.39 is 11.7 Å². The van der Waals surface area contributed by atoms with E-state index in [9.17, 15) is 18.3 Å². The van der Waals surface area contributed by atoms with Crippen molar-refractivity contribution in [2.75, 3.05) is 19.6 Å². The van der Waals surface area contributed by atoms with Gasteiger partial charge in [-0.2, -0.15) is 13.2 Å². The first kappa shape index (κ1) is 15.8. The number of hydrogen-bond acceptors (Lipinski definition) is 3. The number of alkyl halides is 3. The van der Waals surface area contributed by atoms with Gasteiger partial charge >= 0.3 is 6.18 Å². The molecule has 0 radical (unpaired) electrons. The van der Waals surface area contributed by atoms with Crippen LogP contribution in [0.3, 0.4) is 0 Å². The maximum atomic E-state index is 12.8. The van der Waals surface area contributed by atoms with Crippen LogP contribution in [0, 0.1) is 0 Å². The van der Waals surface area contributed by atoms with E-state index in [1.807, 2.05) is 0 Å². The Morgan fingerprint density at radius 2 is 2.00 bits per heavy atom. The quantitative estimate of drug-likeness (QED) is 0.908. The number of aliphatic hydroxyl groups is 1. The summed E-state index contributed by atoms with van der Waals surface area (Å²) in [5.74, 6) is 0. The van der Waals surface area contributed by atoms with Gasteiger partial charge in [0.2, 0.25) is 0 Å². The van der Waals surface area contributed by atoms with E-state index in [1.54, 1.807) is 6.07 Å². The fraction of sp³-hybridized carbons (Fsp3) is 0.625. The van der Waals surface area contributed by atoms with Crippen LogP contribution in [-0.4, -0.2) is 52.7 Å². The summed E-state index contributed by atoms with van der Waals surface area (Å²) in [6.07, 6.45) is -3.81. The lowest BCUT2D eigenvalue weighted by atomic mass is 10.0. The molecule has 0 aliphatic carbocycles. The summed E-state index contributed by atoms with van der Waals surface area (Å²) < 4.78 is 38.4. The number of halogens is 3. The van der Waals surface area contributed by atoms with Crippen molar-refractivity contribution in [2.45, 2.75) is 44.3 Å². The molecule has 1 N–H and O–H groups in total. The van der Waals surface area contributed by atoms with Gasteiger partial charge in [0.1, 0.15) is 0 Å². The third kappa shape index (κ3) is 3.29. The number of fused-ring (bicyclic) bond motifs is 1. The van der Waals surface area contributed by atoms with E-state index in [2.05, 4.69) is 16.7 Å². The van der Waals surface area contributed by atoms with E-state index in [-0.39, 0.29) is 12.1 Å². The molecule has 1 aromatic carbocycles. The van der Waals surface area contributed by atoms with Crippen LogP contribution in [0.2, 0.25) is 0 Å². The molecule has 0 aromatic heterocycles. The zero-order valence-corrected chi connectivity index (χ0v) is 12.6. The average molecular weight is 314 g/mol. The number of hydrogen-bond donors (Lipinski definition) is 1. The van der Waals surface area contributed by atoms with Crippen LogP contribution in [0.25, 0.3) is 0 Å². The second-order valence-electron chi connectivity index (χ2n) is 6.47. The Balaban J connectivity index is 1.70. The van der Waals surface area contributed by atoms with Crippen molar-refractivity contribution in [3.63, 3.8) is 0 Å². The highest BCUT2D eigenvalue weighted by atomic mass is 19.4. The molecule has 2 aliphatic rings. The van der Waals surface area contributed by atoms with E-state index >= 15 is 0 Å². The van der Waals surface area contributed by atoms with Crippen molar-refractivity contribution in [2.24, 2.45) is 0 Å². The van der Waals surface area contributed by atoms with Crippen LogP contribution < -0.4 is 0 Å². The van der Waals surface area contributed by atoms with Crippen molar-refractivity contribution >= 4 is 0 Å². The average Bonchev–Trinajstić information content (AvgIpc) is 2.78. The Labute approximate surface area is 128 Å². The molecule has 1 unspecified atom stereocenters. The summed E-state index contributed by atoms with van der Waals surface area (Å²) in [7, 11) is 0. The molecule has 3 atom stereocenters. The Bertz CT molecular complexity index is 534. The monoisotopic (exact) mass is 314 g/mol. The molecule has 0 amide bonds. The van der Waals surface area contributed by atoms with Gasteiger partial charge in [-0.25, -0.2) is 0 Å². The van der Waals surface area contributed by atoms with Crippen LogP contribution in [0.5, 0.6) is 0 Å². The topological polar surface area (TPSA) is 26.7 Å². The van der Waals surface area contributed by atoms with Gasteiger partial charge in [0, 0.05) is 38.3 Å². The van der Waals surface area contributed by atoms with Crippen LogP contribution in [-0.2, 0) is 12.7 Å². The van der Waals surface area contributed by atoms with Crippen molar-refractivity contribution in [1.82, 2.24) is 9.80 Å². The molecular weight excluding hydrogens is 293 g/mol. The molecule has 2 aliphatic heterocycles. The van der Waals surface area contributed by atoms with Crippen molar-refractivity contribution < 1.29 is 18.3 Å². The van der Waals surface area contributed by atoms with Crippen molar-refractivity contribution in [3.05, 3.63) is 35.4 Å². The largest absolute Gasteiger partial charge is 0.416 e. The van der Waals surface area contributed by atoms with Crippen LogP contribution in [0.4, 0.5) is 13.2 Å². The Kier molecular flexibility index (Phi) is 4.18. The van der Waals surface area contributed by atoms with Crippen LogP contribution in [0.1, 0.15) is 24.5 Å². The molecule has 3 rings (SSSR count). The molecule has 22 heavy (non-hydrogen) atoms. The minimum absolute atomic E-state index is 0.272. The fourth-order valence-corrected chi connectivity index (χ4v) is 3.58. The van der Waals surface area contributed by atoms with Gasteiger partial charge < -0.3 is 5.11 Å². The zero-order valence-electron chi connectivity index (χ0n) is 12.6. The van der Waals surface area contributed by atoms with Gasteiger partial charge in [0.05, 0.1) is 11.7 Å². The molecule has 0 bridgehead atoms. The summed E-state index contributed by atoms with van der Waals surface area (Å²) in [5.41, 5.74) is 0.0984. The van der Waals surface area contributed by atoms with Gasteiger partial charge in [0.15, 0.2) is 0 Å². The number of aliphatic hydroxyl groups excluding tert-OH is 1. The predicted molar refractivity (Wildman–Crippen MR) is 77.3 cm³/mol. The number of rotatable bonds is 2. The first-order valence-corrected chi connectivity index (χ1v) is 7.65. The Morgan fingerprint density at radius 1 is 1.23 bits per heavy atom. The minimum Gasteiger partial charge on any atom is -0.392 e. The van der Waals surface area contributed by atoms with Gasteiger partial charge in [0.25, 0.3) is 0 Å². The molecule has 122 valence electrons. The highest BCUT2D eigenvalue weighted by Crippen LogP contribution is 2.31. The van der Waals surface area contributed by atoms with Crippen LogP contribution >= 0.6 is 0 Å². The molecule has 0 saturated carbocycles. The lowest BCUT2D eigenvalue weighted by Crippen LogP contribution is -2.54. The van der Waals surface area contributed by atoms with Gasteiger partial charge in [-0.3, -0.25) is 9.80 Å². The lowest BCUT2D eigenvalue weighted by Gasteiger charge is -2.42.